The Morgan fingerprint density at radius 3 is 2.63 bits per heavy atom. The fourth-order valence-corrected chi connectivity index (χ4v) is 4.32. The molecule has 1 N–H and O–H groups in total. The van der Waals surface area contributed by atoms with E-state index >= 15 is 8.78 Å². The summed E-state index contributed by atoms with van der Waals surface area (Å²) in [5, 5.41) is 21.4. The zero-order valence-electron chi connectivity index (χ0n) is 21.1. The van der Waals surface area contributed by atoms with Gasteiger partial charge in [-0.15, -0.1) is 5.10 Å². The molecule has 1 aromatic carbocycles. The molecule has 0 aliphatic carbocycles. The van der Waals surface area contributed by atoms with Crippen molar-refractivity contribution >= 4 is 35.2 Å². The van der Waals surface area contributed by atoms with E-state index in [0.717, 1.165) is 34.2 Å². The molecule has 3 aromatic rings. The molecular weight excluding hydrogens is 554 g/mol. The second kappa shape index (κ2) is 11.5. The van der Waals surface area contributed by atoms with E-state index in [0.29, 0.717) is 0 Å². The largest absolute Gasteiger partial charge is 0.442 e. The normalized spacial score (nSPS) is 17.4. The lowest BCUT2D eigenvalue weighted by atomic mass is 10.2. The fourth-order valence-electron chi connectivity index (χ4n) is 4.32. The maximum atomic E-state index is 15.2. The lowest BCUT2D eigenvalue weighted by molar-refractivity contribution is -0.402. The Balaban J connectivity index is 1.18. The van der Waals surface area contributed by atoms with Crippen LogP contribution in [-0.4, -0.2) is 88.3 Å². The van der Waals surface area contributed by atoms with Crippen molar-refractivity contribution in [3.05, 3.63) is 64.2 Å². The molecule has 2 saturated heterocycles. The van der Waals surface area contributed by atoms with E-state index in [9.17, 15) is 24.5 Å². The van der Waals surface area contributed by atoms with E-state index in [1.807, 2.05) is 0 Å². The number of hydrogen-bond acceptors (Lipinski definition) is 11. The van der Waals surface area contributed by atoms with Gasteiger partial charge in [-0.25, -0.2) is 23.3 Å². The molecule has 18 heteroatoms. The molecule has 2 fully saturated rings. The van der Waals surface area contributed by atoms with Crippen LogP contribution in [-0.2, 0) is 20.9 Å². The number of carbonyl (C=O) groups excluding carboxylic acids is 3. The average molecular weight is 576 g/mol. The Labute approximate surface area is 229 Å². The van der Waals surface area contributed by atoms with Gasteiger partial charge in [-0.2, -0.15) is 0 Å². The third-order valence-electron chi connectivity index (χ3n) is 6.22. The number of amides is 3. The van der Waals surface area contributed by atoms with E-state index in [-0.39, 0.29) is 56.5 Å². The first-order valence-corrected chi connectivity index (χ1v) is 12.2. The van der Waals surface area contributed by atoms with Crippen molar-refractivity contribution in [1.29, 1.82) is 0 Å². The van der Waals surface area contributed by atoms with Crippen LogP contribution in [0.15, 0.2) is 41.1 Å². The minimum Gasteiger partial charge on any atom is -0.442 e. The van der Waals surface area contributed by atoms with Gasteiger partial charge < -0.3 is 19.4 Å². The van der Waals surface area contributed by atoms with Crippen LogP contribution in [0.4, 0.5) is 30.8 Å². The maximum absolute atomic E-state index is 15.2. The number of hydrogen-bond donors (Lipinski definition) is 1. The summed E-state index contributed by atoms with van der Waals surface area (Å²) in [6.07, 6.45) is 1.72. The number of furan rings is 1. The predicted octanol–water partition coefficient (Wildman–Crippen LogP) is 1.09. The molecule has 2 aliphatic heterocycles. The summed E-state index contributed by atoms with van der Waals surface area (Å²) in [6.45, 7) is -0.415. The third kappa shape index (κ3) is 6.06. The van der Waals surface area contributed by atoms with Crippen LogP contribution in [0.1, 0.15) is 10.6 Å². The molecule has 1 atom stereocenters. The molecule has 41 heavy (non-hydrogen) atoms. The second-order valence-corrected chi connectivity index (χ2v) is 8.89. The van der Waals surface area contributed by atoms with Gasteiger partial charge in [0.25, 0.3) is 11.8 Å². The smallest absolute Gasteiger partial charge is 0.433 e. The van der Waals surface area contributed by atoms with Gasteiger partial charge in [-0.3, -0.25) is 29.4 Å². The first kappa shape index (κ1) is 27.4. The molecule has 2 aliphatic rings. The molecule has 216 valence electrons. The van der Waals surface area contributed by atoms with Gasteiger partial charge in [-0.1, -0.05) is 5.21 Å². The van der Waals surface area contributed by atoms with Crippen molar-refractivity contribution in [1.82, 2.24) is 25.4 Å². The molecule has 0 bridgehead atoms. The van der Waals surface area contributed by atoms with Crippen molar-refractivity contribution < 1.29 is 42.1 Å². The summed E-state index contributed by atoms with van der Waals surface area (Å²) >= 11 is 0. The molecule has 0 saturated carbocycles. The van der Waals surface area contributed by atoms with E-state index in [1.54, 1.807) is 6.20 Å². The van der Waals surface area contributed by atoms with Crippen molar-refractivity contribution in [3.63, 3.8) is 0 Å². The average Bonchev–Trinajstić information content (AvgIpc) is 3.67. The third-order valence-corrected chi connectivity index (χ3v) is 6.22. The highest BCUT2D eigenvalue weighted by molar-refractivity contribution is 5.94. The molecule has 0 spiro atoms. The van der Waals surface area contributed by atoms with Crippen LogP contribution >= 0.6 is 0 Å². The van der Waals surface area contributed by atoms with Crippen LogP contribution < -0.4 is 15.1 Å². The Bertz CT molecular complexity index is 1440. The molecule has 2 aromatic heterocycles. The SMILES string of the molecule is O=C(NCC(=O)N1CCN(c2c(F)cc(N3C[C@H](Cn4ccnn4)OC3=O)cc2F)CCO1)c1ccc([N+](=O)[O-])o1. The second-order valence-electron chi connectivity index (χ2n) is 8.89. The van der Waals surface area contributed by atoms with Crippen LogP contribution in [0.25, 0.3) is 0 Å². The number of benzene rings is 1. The minimum atomic E-state index is -0.924. The Morgan fingerprint density at radius 2 is 1.95 bits per heavy atom. The number of rotatable bonds is 8. The summed E-state index contributed by atoms with van der Waals surface area (Å²) in [4.78, 5) is 54.8. The number of hydroxylamine groups is 2. The highest BCUT2D eigenvalue weighted by Gasteiger charge is 2.34. The zero-order chi connectivity index (χ0) is 29.1. The van der Waals surface area contributed by atoms with Crippen molar-refractivity contribution in [2.24, 2.45) is 0 Å². The predicted molar refractivity (Wildman–Crippen MR) is 132 cm³/mol. The standard InChI is InChI=1S/C23H22F2N8O8/c24-16-9-14(31-13-15(40-23(31)36)12-30-4-3-27-28-30)10-17(25)21(16)29-5-6-32(39-8-7-29)19(34)11-26-22(35)18-1-2-20(41-18)33(37)38/h1-4,9-10,15H,5-8,11-13H2,(H,26,35)/t15-/m0/s1. The number of anilines is 2. The Hall–Kier alpha value is -5.13. The van der Waals surface area contributed by atoms with Gasteiger partial charge in [0.2, 0.25) is 0 Å². The molecule has 5 rings (SSSR count). The van der Waals surface area contributed by atoms with Crippen LogP contribution in [0.5, 0.6) is 0 Å². The molecule has 0 radical (unpaired) electrons. The van der Waals surface area contributed by atoms with E-state index in [2.05, 4.69) is 15.6 Å². The quantitative estimate of drug-likeness (QED) is 0.300. The monoisotopic (exact) mass is 576 g/mol. The topological polar surface area (TPSA) is 178 Å². The summed E-state index contributed by atoms with van der Waals surface area (Å²) in [5.41, 5.74) is -0.374. The molecule has 3 amide bonds. The fraction of sp³-hybridized carbons (Fsp3) is 0.348. The first-order valence-electron chi connectivity index (χ1n) is 12.2. The summed E-state index contributed by atoms with van der Waals surface area (Å²) in [6, 6.07) is 4.15. The lowest BCUT2D eigenvalue weighted by Gasteiger charge is -2.24. The highest BCUT2D eigenvalue weighted by Crippen LogP contribution is 2.31. The highest BCUT2D eigenvalue weighted by atomic mass is 19.1. The summed E-state index contributed by atoms with van der Waals surface area (Å²) in [7, 11) is 0. The number of nitro groups is 1. The van der Waals surface area contributed by atoms with Gasteiger partial charge in [0.1, 0.15) is 16.7 Å². The lowest BCUT2D eigenvalue weighted by Crippen LogP contribution is -2.41. The van der Waals surface area contributed by atoms with Crippen molar-refractivity contribution in [2.45, 2.75) is 12.6 Å². The number of halogens is 2. The number of nitrogens with zero attached hydrogens (tertiary/aromatic N) is 7. The number of ether oxygens (including phenoxy) is 1. The first-order chi connectivity index (χ1) is 19.7. The van der Waals surface area contributed by atoms with Crippen LogP contribution in [0, 0.1) is 21.7 Å². The summed E-state index contributed by atoms with van der Waals surface area (Å²) < 4.78 is 41.9. The van der Waals surface area contributed by atoms with Gasteiger partial charge in [0, 0.05) is 31.4 Å². The van der Waals surface area contributed by atoms with Gasteiger partial charge >= 0.3 is 12.0 Å². The molecule has 16 nitrogen and oxygen atoms in total. The Kier molecular flexibility index (Phi) is 7.72. The number of aromatic nitrogens is 3. The zero-order valence-corrected chi connectivity index (χ0v) is 21.1. The minimum absolute atomic E-state index is 0.0109. The number of nitrogens with one attached hydrogen (secondary N) is 1. The van der Waals surface area contributed by atoms with E-state index in [1.165, 1.54) is 15.8 Å². The molecular formula is C23H22F2N8O8. The number of carbonyl (C=O) groups is 3. The van der Waals surface area contributed by atoms with Crippen molar-refractivity contribution in [3.8, 4) is 0 Å². The Morgan fingerprint density at radius 1 is 1.17 bits per heavy atom. The van der Waals surface area contributed by atoms with E-state index < -0.39 is 53.0 Å². The van der Waals surface area contributed by atoms with Crippen LogP contribution in [0.2, 0.25) is 0 Å². The molecule has 0 unspecified atom stereocenters. The van der Waals surface area contributed by atoms with Crippen LogP contribution in [0.3, 0.4) is 0 Å². The maximum Gasteiger partial charge on any atom is 0.433 e. The number of cyclic esters (lactones) is 1. The van der Waals surface area contributed by atoms with Gasteiger partial charge in [0.05, 0.1) is 50.7 Å². The van der Waals surface area contributed by atoms with E-state index in [4.69, 9.17) is 14.0 Å². The van der Waals surface area contributed by atoms with Crippen molar-refractivity contribution in [2.75, 3.05) is 49.1 Å². The van der Waals surface area contributed by atoms with Gasteiger partial charge in [-0.05, 0) is 6.07 Å². The molecule has 4 heterocycles. The summed E-state index contributed by atoms with van der Waals surface area (Å²) in [5.74, 6) is -4.34. The van der Waals surface area contributed by atoms with Gasteiger partial charge in [0.15, 0.2) is 17.4 Å².